The van der Waals surface area contributed by atoms with Crippen LogP contribution in [-0.4, -0.2) is 62.8 Å². The number of nitrogens with two attached hydrogens (primary N) is 1. The fourth-order valence-corrected chi connectivity index (χ4v) is 4.73. The highest BCUT2D eigenvalue weighted by molar-refractivity contribution is 9.10. The second kappa shape index (κ2) is 11.6. The second-order valence-electron chi connectivity index (χ2n) is 9.20. The summed E-state index contributed by atoms with van der Waals surface area (Å²) in [6.45, 7) is 3.23. The van der Waals surface area contributed by atoms with Gasteiger partial charge in [0.1, 0.15) is 22.7 Å². The molecular formula is C27H25BrFN5O6. The number of anilines is 1. The summed E-state index contributed by atoms with van der Waals surface area (Å²) < 4.78 is 40.3. The molecule has 0 spiro atoms. The van der Waals surface area contributed by atoms with Crippen molar-refractivity contribution in [2.24, 2.45) is 0 Å². The monoisotopic (exact) mass is 613 g/mol. The van der Waals surface area contributed by atoms with E-state index in [2.05, 4.69) is 31.0 Å². The zero-order valence-electron chi connectivity index (χ0n) is 21.4. The largest absolute Gasteiger partial charge is 0.474 e. The fraction of sp³-hybridized carbons (Fsp3) is 0.296. The third-order valence-electron chi connectivity index (χ3n) is 5.99. The van der Waals surface area contributed by atoms with Gasteiger partial charge in [0.2, 0.25) is 11.8 Å². The highest BCUT2D eigenvalue weighted by Crippen LogP contribution is 2.39. The van der Waals surface area contributed by atoms with Crippen LogP contribution in [0, 0.1) is 0 Å². The number of nitrogens with zero attached hydrogens (tertiary/aromatic N) is 4. The Kier molecular flexibility index (Phi) is 7.94. The van der Waals surface area contributed by atoms with E-state index in [4.69, 9.17) is 24.7 Å². The Bertz CT molecular complexity index is 1520. The first-order valence-corrected chi connectivity index (χ1v) is 13.2. The predicted octanol–water partition coefficient (Wildman–Crippen LogP) is 4.28. The molecule has 0 saturated carbocycles. The molecule has 208 valence electrons. The average molecular weight is 614 g/mol. The number of carbonyl (C=O) groups excluding carboxylic acids is 2. The van der Waals surface area contributed by atoms with Gasteiger partial charge >= 0.3 is 11.9 Å². The Morgan fingerprint density at radius 1 is 1.05 bits per heavy atom. The number of hydrogen-bond donors (Lipinski definition) is 1. The normalized spacial score (nSPS) is 20.5. The Balaban J connectivity index is 1.47. The molecule has 2 N–H and O–H groups in total. The van der Waals surface area contributed by atoms with E-state index in [1.807, 2.05) is 13.8 Å². The second-order valence-corrected chi connectivity index (χ2v) is 9.95. The SMILES string of the molecule is CC(C)Oc1nc(N)nc2c1c(Br)nn2[C@@H]1O[C@H](COC(=O)c2ccccc2)[C@@H](OC(=O)c2ccccc2)[C@@H]1F. The van der Waals surface area contributed by atoms with E-state index in [1.165, 1.54) is 4.68 Å². The minimum absolute atomic E-state index is 0.120. The van der Waals surface area contributed by atoms with Crippen LogP contribution in [0.15, 0.2) is 65.3 Å². The molecule has 40 heavy (non-hydrogen) atoms. The van der Waals surface area contributed by atoms with Crippen LogP contribution in [0.25, 0.3) is 11.0 Å². The molecule has 0 bridgehead atoms. The van der Waals surface area contributed by atoms with E-state index < -0.39 is 43.2 Å². The lowest BCUT2D eigenvalue weighted by molar-refractivity contribution is -0.0602. The Labute approximate surface area is 236 Å². The molecule has 4 atom stereocenters. The molecule has 2 aromatic carbocycles. The molecule has 1 aliphatic rings. The van der Waals surface area contributed by atoms with E-state index in [-0.39, 0.29) is 33.7 Å². The highest BCUT2D eigenvalue weighted by Gasteiger charge is 2.50. The zero-order chi connectivity index (χ0) is 28.4. The number of nitrogen functional groups attached to an aromatic ring is 1. The summed E-state index contributed by atoms with van der Waals surface area (Å²) in [5, 5.41) is 4.72. The molecule has 0 unspecified atom stereocenters. The van der Waals surface area contributed by atoms with Gasteiger partial charge in [-0.2, -0.15) is 15.1 Å². The Hall–Kier alpha value is -4.10. The van der Waals surface area contributed by atoms with Crippen molar-refractivity contribution < 1.29 is 32.9 Å². The van der Waals surface area contributed by atoms with Crippen molar-refractivity contribution >= 4 is 44.9 Å². The van der Waals surface area contributed by atoms with E-state index in [9.17, 15) is 9.59 Å². The lowest BCUT2D eigenvalue weighted by Gasteiger charge is -2.19. The van der Waals surface area contributed by atoms with Gasteiger partial charge in [0.05, 0.1) is 17.2 Å². The third-order valence-corrected chi connectivity index (χ3v) is 6.54. The average Bonchev–Trinajstić information content (AvgIpc) is 3.43. The van der Waals surface area contributed by atoms with Crippen molar-refractivity contribution in [1.82, 2.24) is 19.7 Å². The van der Waals surface area contributed by atoms with E-state index in [1.54, 1.807) is 60.7 Å². The topological polar surface area (TPSA) is 141 Å². The number of carbonyl (C=O) groups is 2. The van der Waals surface area contributed by atoms with Gasteiger partial charge in [-0.15, -0.1) is 0 Å². The van der Waals surface area contributed by atoms with Crippen LogP contribution in [-0.2, 0) is 14.2 Å². The van der Waals surface area contributed by atoms with Crippen LogP contribution in [0.5, 0.6) is 5.88 Å². The van der Waals surface area contributed by atoms with Gasteiger partial charge < -0.3 is 24.7 Å². The van der Waals surface area contributed by atoms with Gasteiger partial charge in [0.25, 0.3) is 0 Å². The number of aromatic nitrogens is 4. The van der Waals surface area contributed by atoms with Crippen molar-refractivity contribution in [2.75, 3.05) is 12.3 Å². The van der Waals surface area contributed by atoms with Crippen molar-refractivity contribution in [3.8, 4) is 5.88 Å². The van der Waals surface area contributed by atoms with Gasteiger partial charge in [-0.25, -0.2) is 18.7 Å². The number of ether oxygens (including phenoxy) is 4. The van der Waals surface area contributed by atoms with Crippen LogP contribution in [0.1, 0.15) is 40.8 Å². The van der Waals surface area contributed by atoms with Crippen LogP contribution in [0.3, 0.4) is 0 Å². The summed E-state index contributed by atoms with van der Waals surface area (Å²) in [4.78, 5) is 33.8. The van der Waals surface area contributed by atoms with Crippen LogP contribution >= 0.6 is 15.9 Å². The number of alkyl halides is 1. The Morgan fingerprint density at radius 3 is 2.30 bits per heavy atom. The molecule has 0 aliphatic carbocycles. The maximum Gasteiger partial charge on any atom is 0.338 e. The van der Waals surface area contributed by atoms with Gasteiger partial charge in [0, 0.05) is 0 Å². The Morgan fingerprint density at radius 2 is 1.68 bits per heavy atom. The first-order chi connectivity index (χ1) is 19.2. The first kappa shape index (κ1) is 27.5. The smallest absolute Gasteiger partial charge is 0.338 e. The maximum absolute atomic E-state index is 16.1. The molecule has 11 nitrogen and oxygen atoms in total. The number of halogens is 2. The number of benzene rings is 2. The predicted molar refractivity (Wildman–Crippen MR) is 144 cm³/mol. The molecule has 1 fully saturated rings. The van der Waals surface area contributed by atoms with Crippen molar-refractivity contribution in [2.45, 2.75) is 44.6 Å². The number of hydrogen-bond acceptors (Lipinski definition) is 10. The lowest BCUT2D eigenvalue weighted by Crippen LogP contribution is -2.37. The molecule has 13 heteroatoms. The zero-order valence-corrected chi connectivity index (χ0v) is 23.0. The molecule has 0 radical (unpaired) electrons. The minimum Gasteiger partial charge on any atom is -0.474 e. The van der Waals surface area contributed by atoms with E-state index in [0.717, 1.165) is 0 Å². The molecule has 3 heterocycles. The molecule has 5 rings (SSSR count). The summed E-state index contributed by atoms with van der Waals surface area (Å²) in [5.41, 5.74) is 6.58. The fourth-order valence-electron chi connectivity index (χ4n) is 4.22. The summed E-state index contributed by atoms with van der Waals surface area (Å²) in [5.74, 6) is -1.36. The van der Waals surface area contributed by atoms with Crippen LogP contribution in [0.2, 0.25) is 0 Å². The molecule has 1 aliphatic heterocycles. The van der Waals surface area contributed by atoms with Crippen molar-refractivity contribution in [1.29, 1.82) is 0 Å². The van der Waals surface area contributed by atoms with Crippen molar-refractivity contribution in [3.05, 3.63) is 76.4 Å². The first-order valence-electron chi connectivity index (χ1n) is 12.4. The lowest BCUT2D eigenvalue weighted by atomic mass is 10.1. The molecule has 4 aromatic rings. The number of rotatable bonds is 8. The van der Waals surface area contributed by atoms with Gasteiger partial charge in [-0.1, -0.05) is 36.4 Å². The van der Waals surface area contributed by atoms with Crippen molar-refractivity contribution in [3.63, 3.8) is 0 Å². The summed E-state index contributed by atoms with van der Waals surface area (Å²) in [6, 6.07) is 16.4. The van der Waals surface area contributed by atoms with Crippen LogP contribution < -0.4 is 10.5 Å². The summed E-state index contributed by atoms with van der Waals surface area (Å²) in [6.07, 6.45) is -6.18. The summed E-state index contributed by atoms with van der Waals surface area (Å²) in [7, 11) is 0. The molecule has 1 saturated heterocycles. The standard InChI is InChI=1S/C27H25BrFN5O6/c1-14(2)38-23-18-21(28)33-34(22(18)31-27(30)32-23)24-19(29)20(40-26(36)16-11-7-4-8-12-16)17(39-24)13-37-25(35)15-9-5-3-6-10-15/h3-12,14,17,19-20,24H,13H2,1-2H3,(H2,30,31,32)/t17-,19+,20-,24-/m1/s1. The maximum atomic E-state index is 16.1. The molecule has 2 aromatic heterocycles. The number of fused-ring (bicyclic) bond motifs is 1. The van der Waals surface area contributed by atoms with Gasteiger partial charge in [-0.05, 0) is 54.0 Å². The summed E-state index contributed by atoms with van der Waals surface area (Å²) >= 11 is 3.36. The molecule has 0 amide bonds. The van der Waals surface area contributed by atoms with E-state index >= 15 is 4.39 Å². The van der Waals surface area contributed by atoms with E-state index in [0.29, 0.717) is 10.9 Å². The number of esters is 2. The highest BCUT2D eigenvalue weighted by atomic mass is 79.9. The van der Waals surface area contributed by atoms with Gasteiger partial charge in [-0.3, -0.25) is 0 Å². The molecular weight excluding hydrogens is 589 g/mol. The quantitative estimate of drug-likeness (QED) is 0.286. The van der Waals surface area contributed by atoms with Gasteiger partial charge in [0.15, 0.2) is 24.2 Å². The van der Waals surface area contributed by atoms with Crippen LogP contribution in [0.4, 0.5) is 10.3 Å². The third kappa shape index (κ3) is 5.61. The minimum atomic E-state index is -1.92.